The molecule has 1 aromatic carbocycles. The molecule has 0 saturated heterocycles. The topological polar surface area (TPSA) is 20.2 Å². The molecule has 0 aliphatic carbocycles. The molecule has 0 aromatic heterocycles. The molecule has 1 atom stereocenters. The molecule has 0 spiro atoms. The van der Waals surface area contributed by atoms with Crippen LogP contribution in [-0.2, 0) is 0 Å². The van der Waals surface area contributed by atoms with E-state index in [2.05, 4.69) is 5.92 Å². The van der Waals surface area contributed by atoms with Gasteiger partial charge in [0.05, 0.1) is 0 Å². The molecule has 0 fully saturated rings. The summed E-state index contributed by atoms with van der Waals surface area (Å²) in [6.07, 6.45) is -7.26. The number of aliphatic hydroxyl groups excluding tert-OH is 1. The molecule has 1 aromatic rings. The summed E-state index contributed by atoms with van der Waals surface area (Å²) >= 11 is 0. The largest absolute Gasteiger partial charge is 0.425 e. The highest BCUT2D eigenvalue weighted by Crippen LogP contribution is 2.19. The molecule has 1 nitrogen and oxygen atoms in total. The second kappa shape index (κ2) is 4.16. The first-order valence-electron chi connectivity index (χ1n) is 3.81. The van der Waals surface area contributed by atoms with Crippen LogP contribution in [0.1, 0.15) is 5.56 Å². The Bertz CT molecular complexity index is 345. The van der Waals surface area contributed by atoms with Crippen molar-refractivity contribution < 1.29 is 18.3 Å². The predicted molar refractivity (Wildman–Crippen MR) is 45.4 cm³/mol. The van der Waals surface area contributed by atoms with Crippen LogP contribution in [0.15, 0.2) is 30.3 Å². The lowest BCUT2D eigenvalue weighted by molar-refractivity contribution is -0.184. The SMILES string of the molecule is OC(C#Cc1ccccc1)C(F)(F)F. The first-order chi connectivity index (χ1) is 6.50. The lowest BCUT2D eigenvalue weighted by atomic mass is 10.2. The third kappa shape index (κ3) is 3.11. The van der Waals surface area contributed by atoms with E-state index in [1.807, 2.05) is 0 Å². The van der Waals surface area contributed by atoms with Crippen LogP contribution in [0.3, 0.4) is 0 Å². The molecule has 0 heterocycles. The minimum absolute atomic E-state index is 0.441. The van der Waals surface area contributed by atoms with Gasteiger partial charge in [0.2, 0.25) is 6.10 Å². The van der Waals surface area contributed by atoms with E-state index in [4.69, 9.17) is 5.11 Å². The van der Waals surface area contributed by atoms with Crippen LogP contribution in [0.25, 0.3) is 0 Å². The normalized spacial score (nSPS) is 12.9. The molecule has 0 aliphatic heterocycles. The van der Waals surface area contributed by atoms with Crippen LogP contribution in [0.5, 0.6) is 0 Å². The Balaban J connectivity index is 2.74. The average Bonchev–Trinajstić information content (AvgIpc) is 2.14. The fourth-order valence-electron chi connectivity index (χ4n) is 0.755. The fraction of sp³-hybridized carbons (Fsp3) is 0.200. The second-order valence-electron chi connectivity index (χ2n) is 2.58. The zero-order valence-electron chi connectivity index (χ0n) is 7.05. The van der Waals surface area contributed by atoms with Gasteiger partial charge in [0.15, 0.2) is 0 Å². The zero-order valence-corrected chi connectivity index (χ0v) is 7.05. The Kier molecular flexibility index (Phi) is 3.15. The van der Waals surface area contributed by atoms with Crippen molar-refractivity contribution in [1.29, 1.82) is 0 Å². The maximum Gasteiger partial charge on any atom is 0.425 e. The number of aliphatic hydroxyl groups is 1. The van der Waals surface area contributed by atoms with E-state index in [1.54, 1.807) is 36.3 Å². The summed E-state index contributed by atoms with van der Waals surface area (Å²) in [6.45, 7) is 0. The fourth-order valence-corrected chi connectivity index (χ4v) is 0.755. The van der Waals surface area contributed by atoms with E-state index in [-0.39, 0.29) is 0 Å². The van der Waals surface area contributed by atoms with Crippen LogP contribution in [-0.4, -0.2) is 17.4 Å². The van der Waals surface area contributed by atoms with Crippen LogP contribution >= 0.6 is 0 Å². The van der Waals surface area contributed by atoms with Gasteiger partial charge >= 0.3 is 6.18 Å². The van der Waals surface area contributed by atoms with Crippen LogP contribution < -0.4 is 0 Å². The monoisotopic (exact) mass is 200 g/mol. The Morgan fingerprint density at radius 2 is 1.71 bits per heavy atom. The summed E-state index contributed by atoms with van der Waals surface area (Å²) < 4.78 is 35.4. The van der Waals surface area contributed by atoms with Gasteiger partial charge in [-0.15, -0.1) is 0 Å². The molecule has 1 unspecified atom stereocenters. The average molecular weight is 200 g/mol. The number of benzene rings is 1. The van der Waals surface area contributed by atoms with Gasteiger partial charge < -0.3 is 5.11 Å². The van der Waals surface area contributed by atoms with Gasteiger partial charge in [-0.2, -0.15) is 13.2 Å². The molecule has 0 saturated carbocycles. The predicted octanol–water partition coefficient (Wildman–Crippen LogP) is 1.96. The summed E-state index contributed by atoms with van der Waals surface area (Å²) in [5.74, 6) is 3.95. The van der Waals surface area contributed by atoms with Crippen LogP contribution in [0.2, 0.25) is 0 Å². The van der Waals surface area contributed by atoms with Gasteiger partial charge in [0.1, 0.15) is 0 Å². The van der Waals surface area contributed by atoms with Crippen molar-refractivity contribution in [3.05, 3.63) is 35.9 Å². The second-order valence-corrected chi connectivity index (χ2v) is 2.58. The maximum absolute atomic E-state index is 11.8. The molecule has 1 N–H and O–H groups in total. The van der Waals surface area contributed by atoms with Crippen molar-refractivity contribution in [1.82, 2.24) is 0 Å². The molecule has 0 radical (unpaired) electrons. The van der Waals surface area contributed by atoms with Crippen molar-refractivity contribution >= 4 is 0 Å². The van der Waals surface area contributed by atoms with Gasteiger partial charge in [-0.05, 0) is 12.1 Å². The molecule has 0 bridgehead atoms. The molecule has 0 amide bonds. The summed E-state index contributed by atoms with van der Waals surface area (Å²) in [6, 6.07) is 8.17. The maximum atomic E-state index is 11.8. The molecule has 4 heteroatoms. The summed E-state index contributed by atoms with van der Waals surface area (Å²) in [5, 5.41) is 8.55. The highest BCUT2D eigenvalue weighted by Gasteiger charge is 2.36. The third-order valence-electron chi connectivity index (χ3n) is 1.44. The molecule has 74 valence electrons. The third-order valence-corrected chi connectivity index (χ3v) is 1.44. The van der Waals surface area contributed by atoms with Crippen molar-refractivity contribution in [3.63, 3.8) is 0 Å². The highest BCUT2D eigenvalue weighted by atomic mass is 19.4. The number of halogens is 3. The van der Waals surface area contributed by atoms with E-state index < -0.39 is 12.3 Å². The van der Waals surface area contributed by atoms with Crippen LogP contribution in [0, 0.1) is 11.8 Å². The van der Waals surface area contributed by atoms with Crippen molar-refractivity contribution in [2.45, 2.75) is 12.3 Å². The number of alkyl halides is 3. The van der Waals surface area contributed by atoms with Crippen molar-refractivity contribution in [2.75, 3.05) is 0 Å². The molecule has 0 aliphatic rings. The van der Waals surface area contributed by atoms with Gasteiger partial charge in [0, 0.05) is 5.56 Å². The quantitative estimate of drug-likeness (QED) is 0.635. The number of hydrogen-bond acceptors (Lipinski definition) is 1. The Morgan fingerprint density at radius 1 is 1.14 bits per heavy atom. The lowest BCUT2D eigenvalue weighted by Crippen LogP contribution is -2.26. The van der Waals surface area contributed by atoms with E-state index in [1.165, 1.54) is 0 Å². The van der Waals surface area contributed by atoms with Gasteiger partial charge in [0.25, 0.3) is 0 Å². The standard InChI is InChI=1S/C10H7F3O/c11-10(12,13)9(14)7-6-8-4-2-1-3-5-8/h1-5,9,14H. The zero-order chi connectivity index (χ0) is 10.6. The van der Waals surface area contributed by atoms with Gasteiger partial charge in [-0.3, -0.25) is 0 Å². The highest BCUT2D eigenvalue weighted by molar-refractivity contribution is 5.34. The Labute approximate surface area is 79.2 Å². The Morgan fingerprint density at radius 3 is 2.21 bits per heavy atom. The summed E-state index contributed by atoms with van der Waals surface area (Å²) in [7, 11) is 0. The Hall–Kier alpha value is -1.47. The minimum Gasteiger partial charge on any atom is -0.372 e. The minimum atomic E-state index is -4.68. The summed E-state index contributed by atoms with van der Waals surface area (Å²) in [4.78, 5) is 0. The summed E-state index contributed by atoms with van der Waals surface area (Å²) in [5.41, 5.74) is 0.441. The lowest BCUT2D eigenvalue weighted by Gasteiger charge is -2.06. The molecule has 14 heavy (non-hydrogen) atoms. The van der Waals surface area contributed by atoms with E-state index in [0.29, 0.717) is 5.56 Å². The van der Waals surface area contributed by atoms with Gasteiger partial charge in [-0.1, -0.05) is 30.0 Å². The van der Waals surface area contributed by atoms with Crippen LogP contribution in [0.4, 0.5) is 13.2 Å². The molecular weight excluding hydrogens is 193 g/mol. The molecule has 1 rings (SSSR count). The smallest absolute Gasteiger partial charge is 0.372 e. The van der Waals surface area contributed by atoms with E-state index in [0.717, 1.165) is 0 Å². The first kappa shape index (κ1) is 10.6. The molecular formula is C10H7F3O. The van der Waals surface area contributed by atoms with Gasteiger partial charge in [-0.25, -0.2) is 0 Å². The van der Waals surface area contributed by atoms with E-state index >= 15 is 0 Å². The first-order valence-corrected chi connectivity index (χ1v) is 3.81. The number of rotatable bonds is 0. The number of hydrogen-bond donors (Lipinski definition) is 1. The van der Waals surface area contributed by atoms with E-state index in [9.17, 15) is 13.2 Å². The van der Waals surface area contributed by atoms with Crippen molar-refractivity contribution in [3.8, 4) is 11.8 Å². The van der Waals surface area contributed by atoms with Crippen molar-refractivity contribution in [2.24, 2.45) is 0 Å².